The van der Waals surface area contributed by atoms with Gasteiger partial charge in [0.2, 0.25) is 5.91 Å². The van der Waals surface area contributed by atoms with Gasteiger partial charge in [0, 0.05) is 17.4 Å². The number of aryl methyl sites for hydroxylation is 1. The molecule has 0 saturated carbocycles. The van der Waals surface area contributed by atoms with Crippen molar-refractivity contribution < 1.29 is 4.79 Å². The Kier molecular flexibility index (Phi) is 3.79. The molecule has 1 heterocycles. The van der Waals surface area contributed by atoms with Crippen LogP contribution in [0.1, 0.15) is 20.3 Å². The van der Waals surface area contributed by atoms with Crippen molar-refractivity contribution in [3.05, 3.63) is 27.5 Å². The fourth-order valence-corrected chi connectivity index (χ4v) is 3.29. The Morgan fingerprint density at radius 3 is 2.88 bits per heavy atom. The van der Waals surface area contributed by atoms with Crippen molar-refractivity contribution in [3.63, 3.8) is 0 Å². The molecule has 0 fully saturated rings. The molecule has 0 unspecified atom stereocenters. The zero-order valence-corrected chi connectivity index (χ0v) is 12.1. The molecule has 0 N–H and O–H groups in total. The van der Waals surface area contributed by atoms with Crippen molar-refractivity contribution in [2.24, 2.45) is 4.99 Å². The highest BCUT2D eigenvalue weighted by atomic mass is 79.9. The van der Waals surface area contributed by atoms with Crippen LogP contribution in [0.2, 0.25) is 0 Å². The van der Waals surface area contributed by atoms with Gasteiger partial charge in [-0.3, -0.25) is 4.79 Å². The van der Waals surface area contributed by atoms with Gasteiger partial charge in [-0.2, -0.15) is 4.99 Å². The highest BCUT2D eigenvalue weighted by molar-refractivity contribution is 9.10. The SMILES string of the molecule is CCC(=O)N=c1sc2cc(Br)ccc2n1CC. The summed E-state index contributed by atoms with van der Waals surface area (Å²) in [5, 5.41) is 0. The molecule has 0 bridgehead atoms. The van der Waals surface area contributed by atoms with Crippen LogP contribution in [0.15, 0.2) is 27.7 Å². The lowest BCUT2D eigenvalue weighted by atomic mass is 10.3. The minimum Gasteiger partial charge on any atom is -0.317 e. The van der Waals surface area contributed by atoms with Crippen molar-refractivity contribution in [3.8, 4) is 0 Å². The molecule has 0 saturated heterocycles. The molecule has 90 valence electrons. The highest BCUT2D eigenvalue weighted by Gasteiger charge is 2.06. The minimum absolute atomic E-state index is 0.0715. The zero-order valence-electron chi connectivity index (χ0n) is 9.74. The van der Waals surface area contributed by atoms with E-state index in [0.29, 0.717) is 6.42 Å². The van der Waals surface area contributed by atoms with E-state index in [-0.39, 0.29) is 5.91 Å². The Morgan fingerprint density at radius 2 is 2.24 bits per heavy atom. The fraction of sp³-hybridized carbons (Fsp3) is 0.333. The number of hydrogen-bond donors (Lipinski definition) is 0. The van der Waals surface area contributed by atoms with E-state index in [2.05, 4.69) is 44.5 Å². The maximum absolute atomic E-state index is 11.4. The second kappa shape index (κ2) is 5.14. The first kappa shape index (κ1) is 12.5. The first-order valence-electron chi connectivity index (χ1n) is 5.52. The number of carbonyl (C=O) groups excluding carboxylic acids is 1. The van der Waals surface area contributed by atoms with Crippen LogP contribution in [0.25, 0.3) is 10.2 Å². The van der Waals surface area contributed by atoms with Crippen LogP contribution in [0.4, 0.5) is 0 Å². The number of halogens is 1. The zero-order chi connectivity index (χ0) is 12.4. The van der Waals surface area contributed by atoms with Gasteiger partial charge in [-0.05, 0) is 25.1 Å². The number of thiazole rings is 1. The molecular formula is C12H13BrN2OS. The van der Waals surface area contributed by atoms with Gasteiger partial charge in [0.15, 0.2) is 4.80 Å². The van der Waals surface area contributed by atoms with Gasteiger partial charge >= 0.3 is 0 Å². The Bertz CT molecular complexity index is 627. The normalized spacial score (nSPS) is 12.3. The molecule has 0 radical (unpaired) electrons. The molecule has 1 aromatic heterocycles. The molecule has 2 rings (SSSR count). The maximum Gasteiger partial charge on any atom is 0.248 e. The van der Waals surface area contributed by atoms with Crippen LogP contribution in [-0.4, -0.2) is 10.5 Å². The lowest BCUT2D eigenvalue weighted by molar-refractivity contribution is -0.117. The number of nitrogens with zero attached hydrogens (tertiary/aromatic N) is 2. The van der Waals surface area contributed by atoms with E-state index in [1.807, 2.05) is 13.0 Å². The van der Waals surface area contributed by atoms with Gasteiger partial charge < -0.3 is 4.57 Å². The summed E-state index contributed by atoms with van der Waals surface area (Å²) in [6.45, 7) is 4.70. The lowest BCUT2D eigenvalue weighted by Gasteiger charge is -1.99. The van der Waals surface area contributed by atoms with Crippen molar-refractivity contribution >= 4 is 43.4 Å². The summed E-state index contributed by atoms with van der Waals surface area (Å²) in [4.78, 5) is 16.3. The third-order valence-corrected chi connectivity index (χ3v) is 4.02. The van der Waals surface area contributed by atoms with Crippen molar-refractivity contribution in [2.75, 3.05) is 0 Å². The Hall–Kier alpha value is -0.940. The Morgan fingerprint density at radius 1 is 1.47 bits per heavy atom. The van der Waals surface area contributed by atoms with Gasteiger partial charge in [-0.15, -0.1) is 0 Å². The number of fused-ring (bicyclic) bond motifs is 1. The summed E-state index contributed by atoms with van der Waals surface area (Å²) in [5.41, 5.74) is 1.13. The van der Waals surface area contributed by atoms with Crippen LogP contribution >= 0.6 is 27.3 Å². The van der Waals surface area contributed by atoms with Gasteiger partial charge in [-0.1, -0.05) is 34.2 Å². The monoisotopic (exact) mass is 312 g/mol. The van der Waals surface area contributed by atoms with Gasteiger partial charge in [0.25, 0.3) is 0 Å². The summed E-state index contributed by atoms with van der Waals surface area (Å²) in [5.74, 6) is -0.0715. The lowest BCUT2D eigenvalue weighted by Crippen LogP contribution is -2.15. The van der Waals surface area contributed by atoms with Crippen LogP contribution in [0.3, 0.4) is 0 Å². The van der Waals surface area contributed by atoms with Crippen LogP contribution in [0, 0.1) is 0 Å². The number of carbonyl (C=O) groups is 1. The maximum atomic E-state index is 11.4. The summed E-state index contributed by atoms with van der Waals surface area (Å²) in [6.07, 6.45) is 0.446. The van der Waals surface area contributed by atoms with Crippen molar-refractivity contribution in [2.45, 2.75) is 26.8 Å². The standard InChI is InChI=1S/C12H13BrN2OS/c1-3-11(16)14-12-15(4-2)9-6-5-8(13)7-10(9)17-12/h5-7H,3-4H2,1-2H3. The van der Waals surface area contributed by atoms with E-state index >= 15 is 0 Å². The van der Waals surface area contributed by atoms with E-state index in [4.69, 9.17) is 0 Å². The van der Waals surface area contributed by atoms with Gasteiger partial charge in [0.1, 0.15) is 0 Å². The molecular weight excluding hydrogens is 300 g/mol. The molecule has 3 nitrogen and oxygen atoms in total. The molecule has 0 atom stereocenters. The van der Waals surface area contributed by atoms with E-state index in [0.717, 1.165) is 26.0 Å². The van der Waals surface area contributed by atoms with E-state index in [1.165, 1.54) is 0 Å². The average Bonchev–Trinajstić information content (AvgIpc) is 2.64. The fourth-order valence-electron chi connectivity index (χ4n) is 1.62. The molecule has 1 amide bonds. The molecule has 17 heavy (non-hydrogen) atoms. The third-order valence-electron chi connectivity index (χ3n) is 2.48. The second-order valence-corrected chi connectivity index (χ2v) is 5.52. The number of hydrogen-bond acceptors (Lipinski definition) is 2. The highest BCUT2D eigenvalue weighted by Crippen LogP contribution is 2.22. The van der Waals surface area contributed by atoms with Crippen LogP contribution in [-0.2, 0) is 11.3 Å². The molecule has 5 heteroatoms. The van der Waals surface area contributed by atoms with E-state index in [1.54, 1.807) is 11.3 Å². The van der Waals surface area contributed by atoms with E-state index < -0.39 is 0 Å². The Labute approximate surface area is 112 Å². The number of aromatic nitrogens is 1. The van der Waals surface area contributed by atoms with E-state index in [9.17, 15) is 4.79 Å². The predicted molar refractivity (Wildman–Crippen MR) is 74.1 cm³/mol. The summed E-state index contributed by atoms with van der Waals surface area (Å²) in [7, 11) is 0. The largest absolute Gasteiger partial charge is 0.317 e. The molecule has 0 aliphatic carbocycles. The summed E-state index contributed by atoms with van der Waals surface area (Å²) >= 11 is 5.00. The molecule has 2 aromatic rings. The third kappa shape index (κ3) is 2.50. The van der Waals surface area contributed by atoms with Gasteiger partial charge in [-0.25, -0.2) is 0 Å². The second-order valence-electron chi connectivity index (χ2n) is 3.60. The summed E-state index contributed by atoms with van der Waals surface area (Å²) in [6, 6.07) is 6.11. The minimum atomic E-state index is -0.0715. The van der Waals surface area contributed by atoms with Crippen molar-refractivity contribution in [1.29, 1.82) is 0 Å². The topological polar surface area (TPSA) is 34.4 Å². The number of benzene rings is 1. The molecule has 0 aliphatic rings. The smallest absolute Gasteiger partial charge is 0.248 e. The van der Waals surface area contributed by atoms with Crippen LogP contribution in [0.5, 0.6) is 0 Å². The summed E-state index contributed by atoms with van der Waals surface area (Å²) < 4.78 is 4.26. The first-order valence-corrected chi connectivity index (χ1v) is 7.13. The quantitative estimate of drug-likeness (QED) is 0.837. The van der Waals surface area contributed by atoms with Crippen molar-refractivity contribution in [1.82, 2.24) is 4.57 Å². The molecule has 0 aliphatic heterocycles. The Balaban J connectivity index is 2.72. The molecule has 1 aromatic carbocycles. The number of amides is 1. The van der Waals surface area contributed by atoms with Gasteiger partial charge in [0.05, 0.1) is 10.2 Å². The number of rotatable bonds is 2. The first-order chi connectivity index (χ1) is 8.15. The average molecular weight is 313 g/mol. The van der Waals surface area contributed by atoms with Crippen LogP contribution < -0.4 is 4.80 Å². The molecule has 0 spiro atoms. The predicted octanol–water partition coefficient (Wildman–Crippen LogP) is 3.32.